The highest BCUT2D eigenvalue weighted by Crippen LogP contribution is 2.08. The maximum absolute atomic E-state index is 10.3. The Morgan fingerprint density at radius 1 is 0.913 bits per heavy atom. The van der Waals surface area contributed by atoms with Crippen LogP contribution >= 0.6 is 0 Å². The summed E-state index contributed by atoms with van der Waals surface area (Å²) in [4.78, 5) is 20.3. The summed E-state index contributed by atoms with van der Waals surface area (Å²) < 4.78 is 0. The average Bonchev–Trinajstić information content (AvgIpc) is 2.45. The van der Waals surface area contributed by atoms with Crippen molar-refractivity contribution in [1.29, 1.82) is 0 Å². The summed E-state index contributed by atoms with van der Waals surface area (Å²) in [7, 11) is 0. The number of aldehydes is 2. The maximum atomic E-state index is 10.3. The Hall–Kier alpha value is -1.70. The SMILES string of the molecule is CC(C)=CCC(C)/C=C(\C)C=O.CC(C)=CCC/C(C)=C/C=O. The second-order valence-electron chi connectivity index (χ2n) is 6.49. The second-order valence-corrected chi connectivity index (χ2v) is 6.49. The van der Waals surface area contributed by atoms with Crippen LogP contribution in [0.15, 0.2) is 46.6 Å². The molecule has 0 amide bonds. The van der Waals surface area contributed by atoms with Gasteiger partial charge in [0.05, 0.1) is 0 Å². The zero-order valence-corrected chi connectivity index (χ0v) is 16.0. The van der Waals surface area contributed by atoms with E-state index in [0.29, 0.717) is 5.92 Å². The first-order valence-electron chi connectivity index (χ1n) is 8.24. The summed E-state index contributed by atoms with van der Waals surface area (Å²) in [5.41, 5.74) is 4.64. The van der Waals surface area contributed by atoms with Crippen LogP contribution in [0.1, 0.15) is 67.7 Å². The quantitative estimate of drug-likeness (QED) is 0.312. The zero-order valence-electron chi connectivity index (χ0n) is 16.0. The average molecular weight is 319 g/mol. The van der Waals surface area contributed by atoms with Crippen LogP contribution in [-0.2, 0) is 9.59 Å². The molecule has 1 unspecified atom stereocenters. The van der Waals surface area contributed by atoms with E-state index in [1.807, 2.05) is 19.9 Å². The molecule has 0 N–H and O–H groups in total. The molecule has 0 radical (unpaired) electrons. The molecule has 0 rings (SSSR count). The van der Waals surface area contributed by atoms with Crippen molar-refractivity contribution in [2.45, 2.75) is 67.7 Å². The van der Waals surface area contributed by atoms with Crippen molar-refractivity contribution in [2.24, 2.45) is 5.92 Å². The normalized spacial score (nSPS) is 12.5. The van der Waals surface area contributed by atoms with E-state index in [4.69, 9.17) is 0 Å². The number of hydrogen-bond donors (Lipinski definition) is 0. The van der Waals surface area contributed by atoms with E-state index in [2.05, 4.69) is 46.8 Å². The molecule has 0 bridgehead atoms. The van der Waals surface area contributed by atoms with Gasteiger partial charge in [0.2, 0.25) is 0 Å². The largest absolute Gasteiger partial charge is 0.299 e. The van der Waals surface area contributed by atoms with Crippen molar-refractivity contribution in [3.63, 3.8) is 0 Å². The summed E-state index contributed by atoms with van der Waals surface area (Å²) >= 11 is 0. The monoisotopic (exact) mass is 318 g/mol. The van der Waals surface area contributed by atoms with Gasteiger partial charge in [0.15, 0.2) is 0 Å². The molecule has 0 spiro atoms. The van der Waals surface area contributed by atoms with Gasteiger partial charge in [-0.05, 0) is 78.4 Å². The van der Waals surface area contributed by atoms with Gasteiger partial charge >= 0.3 is 0 Å². The molecule has 130 valence electrons. The van der Waals surface area contributed by atoms with Crippen LogP contribution in [0, 0.1) is 5.92 Å². The molecule has 2 heteroatoms. The van der Waals surface area contributed by atoms with Crippen molar-refractivity contribution < 1.29 is 9.59 Å². The smallest absolute Gasteiger partial charge is 0.145 e. The predicted octanol–water partition coefficient (Wildman–Crippen LogP) is 6.00. The molecule has 0 aliphatic heterocycles. The van der Waals surface area contributed by atoms with Crippen LogP contribution in [-0.4, -0.2) is 12.6 Å². The van der Waals surface area contributed by atoms with E-state index in [1.54, 1.807) is 6.08 Å². The Balaban J connectivity index is 0. The number of carbonyl (C=O) groups excluding carboxylic acids is 2. The lowest BCUT2D eigenvalue weighted by atomic mass is 10.0. The number of hydrogen-bond acceptors (Lipinski definition) is 2. The molecule has 0 aliphatic rings. The summed E-state index contributed by atoms with van der Waals surface area (Å²) in [5.74, 6) is 0.463. The highest BCUT2D eigenvalue weighted by molar-refractivity contribution is 5.72. The van der Waals surface area contributed by atoms with Crippen molar-refractivity contribution in [2.75, 3.05) is 0 Å². The lowest BCUT2D eigenvalue weighted by Crippen LogP contribution is -1.90. The van der Waals surface area contributed by atoms with E-state index in [1.165, 1.54) is 11.1 Å². The van der Waals surface area contributed by atoms with Gasteiger partial charge in [-0.1, -0.05) is 41.9 Å². The Kier molecular flexibility index (Phi) is 15.6. The topological polar surface area (TPSA) is 34.1 Å². The summed E-state index contributed by atoms with van der Waals surface area (Å²) in [6.45, 7) is 14.3. The lowest BCUT2D eigenvalue weighted by Gasteiger charge is -2.02. The first kappa shape index (κ1) is 23.6. The van der Waals surface area contributed by atoms with Crippen molar-refractivity contribution >= 4 is 12.6 Å². The summed E-state index contributed by atoms with van der Waals surface area (Å²) in [5, 5.41) is 0. The lowest BCUT2D eigenvalue weighted by molar-refractivity contribution is -0.105. The first-order chi connectivity index (χ1) is 10.7. The molecule has 0 fully saturated rings. The van der Waals surface area contributed by atoms with Crippen LogP contribution in [0.4, 0.5) is 0 Å². The standard InChI is InChI=1S/C11H18O.C10H16O/c1-9(2)5-6-10(3)7-11(4)8-12;1-9(2)5-4-6-10(3)7-8-11/h5,7-8,10H,6H2,1-4H3;5,7-8H,4,6H2,1-3H3/b11-7+;10-7+. The molecule has 0 aromatic rings. The third kappa shape index (κ3) is 20.3. The molecule has 2 nitrogen and oxygen atoms in total. The minimum Gasteiger partial charge on any atom is -0.299 e. The molecule has 0 aliphatic carbocycles. The van der Waals surface area contributed by atoms with E-state index in [-0.39, 0.29) is 0 Å². The fourth-order valence-electron chi connectivity index (χ4n) is 1.77. The Morgan fingerprint density at radius 3 is 1.91 bits per heavy atom. The highest BCUT2D eigenvalue weighted by atomic mass is 16.1. The van der Waals surface area contributed by atoms with Gasteiger partial charge < -0.3 is 0 Å². The zero-order chi connectivity index (χ0) is 18.3. The summed E-state index contributed by atoms with van der Waals surface area (Å²) in [6.07, 6.45) is 12.8. The van der Waals surface area contributed by atoms with Crippen LogP contribution in [0.25, 0.3) is 0 Å². The van der Waals surface area contributed by atoms with Gasteiger partial charge in [-0.3, -0.25) is 9.59 Å². The number of rotatable bonds is 8. The van der Waals surface area contributed by atoms with Crippen LogP contribution in [0.5, 0.6) is 0 Å². The molecular formula is C21H34O2. The molecular weight excluding hydrogens is 284 g/mol. The molecule has 1 atom stereocenters. The fourth-order valence-corrected chi connectivity index (χ4v) is 1.77. The minimum absolute atomic E-state index is 0.463. The molecule has 0 aromatic carbocycles. The Bertz CT molecular complexity index is 454. The van der Waals surface area contributed by atoms with E-state index in [9.17, 15) is 9.59 Å². The third-order valence-corrected chi connectivity index (χ3v) is 3.08. The third-order valence-electron chi connectivity index (χ3n) is 3.08. The predicted molar refractivity (Wildman–Crippen MR) is 102 cm³/mol. The van der Waals surface area contributed by atoms with Crippen LogP contribution in [0.3, 0.4) is 0 Å². The van der Waals surface area contributed by atoms with Gasteiger partial charge in [0.1, 0.15) is 12.6 Å². The first-order valence-corrected chi connectivity index (χ1v) is 8.24. The maximum Gasteiger partial charge on any atom is 0.145 e. The van der Waals surface area contributed by atoms with Gasteiger partial charge in [-0.2, -0.15) is 0 Å². The van der Waals surface area contributed by atoms with Crippen molar-refractivity contribution in [3.05, 3.63) is 46.6 Å². The molecule has 0 saturated heterocycles. The van der Waals surface area contributed by atoms with Crippen molar-refractivity contribution in [1.82, 2.24) is 0 Å². The Morgan fingerprint density at radius 2 is 1.48 bits per heavy atom. The highest BCUT2D eigenvalue weighted by Gasteiger charge is 1.95. The van der Waals surface area contributed by atoms with Gasteiger partial charge in [-0.15, -0.1) is 0 Å². The van der Waals surface area contributed by atoms with Crippen LogP contribution < -0.4 is 0 Å². The minimum atomic E-state index is 0.463. The molecule has 0 heterocycles. The van der Waals surface area contributed by atoms with Crippen molar-refractivity contribution in [3.8, 4) is 0 Å². The fraction of sp³-hybridized carbons (Fsp3) is 0.524. The van der Waals surface area contributed by atoms with Crippen LogP contribution in [0.2, 0.25) is 0 Å². The number of allylic oxidation sites excluding steroid dienone is 8. The molecule has 0 aromatic heterocycles. The van der Waals surface area contributed by atoms with Gasteiger partial charge in [0, 0.05) is 0 Å². The van der Waals surface area contributed by atoms with E-state index >= 15 is 0 Å². The Labute approximate surface area is 143 Å². The van der Waals surface area contributed by atoms with Gasteiger partial charge in [-0.25, -0.2) is 0 Å². The molecule has 0 saturated carbocycles. The van der Waals surface area contributed by atoms with E-state index < -0.39 is 0 Å². The van der Waals surface area contributed by atoms with Gasteiger partial charge in [0.25, 0.3) is 0 Å². The number of carbonyl (C=O) groups is 2. The summed E-state index contributed by atoms with van der Waals surface area (Å²) in [6, 6.07) is 0. The molecule has 23 heavy (non-hydrogen) atoms. The second kappa shape index (κ2) is 15.2. The van der Waals surface area contributed by atoms with E-state index in [0.717, 1.165) is 43.0 Å².